The molecule has 6 aromatic rings. The Morgan fingerprint density at radius 1 is 0.447 bits per heavy atom. The van der Waals surface area contributed by atoms with Gasteiger partial charge in [-0.05, 0) is 83.9 Å². The third-order valence-electron chi connectivity index (χ3n) is 7.29. The molecule has 0 unspecified atom stereocenters. The maximum absolute atomic E-state index is 5.81. The molecular weight excluding hydrogens is 653 g/mol. The van der Waals surface area contributed by atoms with Crippen LogP contribution in [0.3, 0.4) is 0 Å². The van der Waals surface area contributed by atoms with Gasteiger partial charge in [-0.1, -0.05) is 12.1 Å². The summed E-state index contributed by atoms with van der Waals surface area (Å²) < 4.78 is 42.0. The first-order valence-electron chi connectivity index (χ1n) is 15.3. The van der Waals surface area contributed by atoms with Gasteiger partial charge in [0.2, 0.25) is 0 Å². The van der Waals surface area contributed by atoms with Crippen molar-refractivity contribution < 1.29 is 28.4 Å². The highest BCUT2D eigenvalue weighted by Gasteiger charge is 2.17. The van der Waals surface area contributed by atoms with Gasteiger partial charge >= 0.3 is 0 Å². The topological polar surface area (TPSA) is 81.2 Å². The van der Waals surface area contributed by atoms with Crippen LogP contribution in [0.2, 0.25) is 0 Å². The third kappa shape index (κ3) is 8.62. The van der Waals surface area contributed by atoms with Crippen molar-refractivity contribution >= 4 is 45.4 Å². The normalized spacial score (nSPS) is 11.4. The Balaban J connectivity index is 1.10. The Hall–Kier alpha value is -3.68. The lowest BCUT2D eigenvalue weighted by atomic mass is 10.1. The second-order valence-corrected chi connectivity index (χ2v) is 13.1. The van der Waals surface area contributed by atoms with Crippen LogP contribution in [-0.2, 0) is 18.9 Å². The van der Waals surface area contributed by atoms with Gasteiger partial charge in [-0.3, -0.25) is 0 Å². The van der Waals surface area contributed by atoms with Crippen molar-refractivity contribution in [2.75, 3.05) is 67.1 Å². The molecule has 47 heavy (non-hydrogen) atoms. The molecule has 0 N–H and O–H groups in total. The van der Waals surface area contributed by atoms with Crippen LogP contribution in [0, 0.1) is 0 Å². The molecule has 3 aromatic heterocycles. The average molecular weight is 689 g/mol. The molecule has 0 amide bonds. The maximum Gasteiger partial charge on any atom is 0.119 e. The maximum atomic E-state index is 5.81. The van der Waals surface area contributed by atoms with Gasteiger partial charge in [0.15, 0.2) is 0 Å². The van der Waals surface area contributed by atoms with Crippen LogP contribution in [-0.4, -0.2) is 75.8 Å². The Morgan fingerprint density at radius 3 is 1.28 bits per heavy atom. The fourth-order valence-corrected chi connectivity index (χ4v) is 7.55. The number of aromatic nitrogens is 2. The molecule has 244 valence electrons. The Kier molecular flexibility index (Phi) is 12.0. The van der Waals surface area contributed by atoms with Gasteiger partial charge < -0.3 is 28.4 Å². The number of hydrogen-bond donors (Lipinski definition) is 0. The van der Waals surface area contributed by atoms with Gasteiger partial charge in [-0.15, -0.1) is 22.7 Å². The molecule has 0 spiro atoms. The summed E-state index contributed by atoms with van der Waals surface area (Å²) in [6.07, 6.45) is 0. The highest BCUT2D eigenvalue weighted by Crippen LogP contribution is 2.42. The number of thiophene rings is 2. The summed E-state index contributed by atoms with van der Waals surface area (Å²) in [5, 5.41) is 0. The first-order chi connectivity index (χ1) is 23.2. The molecule has 0 bridgehead atoms. The zero-order chi connectivity index (χ0) is 32.3. The van der Waals surface area contributed by atoms with Crippen molar-refractivity contribution in [3.05, 3.63) is 84.9 Å². The number of methoxy groups -OCH3 is 2. The minimum atomic E-state index is 0.502. The fourth-order valence-electron chi connectivity index (χ4n) is 4.90. The molecule has 0 radical (unpaired) electrons. The smallest absolute Gasteiger partial charge is 0.119 e. The van der Waals surface area contributed by atoms with Gasteiger partial charge in [0, 0.05) is 44.9 Å². The van der Waals surface area contributed by atoms with Crippen LogP contribution in [0.5, 0.6) is 11.5 Å². The van der Waals surface area contributed by atoms with E-state index in [0.717, 1.165) is 54.5 Å². The van der Waals surface area contributed by atoms with Crippen LogP contribution in [0.15, 0.2) is 84.9 Å². The van der Waals surface area contributed by atoms with Crippen LogP contribution in [0.1, 0.15) is 0 Å². The lowest BCUT2D eigenvalue weighted by Gasteiger charge is -2.07. The van der Waals surface area contributed by atoms with E-state index >= 15 is 0 Å². The lowest BCUT2D eigenvalue weighted by molar-refractivity contribution is 0.0544. The van der Waals surface area contributed by atoms with Crippen LogP contribution < -0.4 is 9.47 Å². The summed E-state index contributed by atoms with van der Waals surface area (Å²) in [7, 11) is 3.32. The number of benzene rings is 3. The van der Waals surface area contributed by atoms with E-state index in [1.54, 1.807) is 36.9 Å². The van der Waals surface area contributed by atoms with Crippen molar-refractivity contribution in [1.29, 1.82) is 0 Å². The van der Waals surface area contributed by atoms with E-state index in [9.17, 15) is 0 Å². The fraction of sp³-hybridized carbons (Fsp3) is 0.278. The molecule has 0 aliphatic rings. The van der Waals surface area contributed by atoms with Gasteiger partial charge in [-0.2, -0.15) is 8.75 Å². The van der Waals surface area contributed by atoms with Crippen molar-refractivity contribution in [1.82, 2.24) is 8.75 Å². The molecule has 3 aromatic carbocycles. The molecule has 0 atom stereocenters. The first kappa shape index (κ1) is 33.2. The number of rotatable bonds is 18. The molecule has 11 heteroatoms. The van der Waals surface area contributed by atoms with Crippen molar-refractivity contribution in [2.24, 2.45) is 0 Å². The van der Waals surface area contributed by atoms with E-state index in [1.165, 1.54) is 21.5 Å². The summed E-state index contributed by atoms with van der Waals surface area (Å²) in [5.41, 5.74) is 6.34. The van der Waals surface area contributed by atoms with Gasteiger partial charge in [0.1, 0.15) is 35.7 Å². The average Bonchev–Trinajstić information content (AvgIpc) is 3.90. The van der Waals surface area contributed by atoms with Gasteiger partial charge in [0.25, 0.3) is 0 Å². The predicted molar refractivity (Wildman–Crippen MR) is 191 cm³/mol. The summed E-state index contributed by atoms with van der Waals surface area (Å²) in [5.74, 6) is 1.65. The molecule has 0 aliphatic carbocycles. The van der Waals surface area contributed by atoms with E-state index in [2.05, 4.69) is 60.7 Å². The highest BCUT2D eigenvalue weighted by molar-refractivity contribution is 7.19. The second kappa shape index (κ2) is 16.9. The van der Waals surface area contributed by atoms with E-state index < -0.39 is 0 Å². The van der Waals surface area contributed by atoms with Crippen LogP contribution >= 0.6 is 34.4 Å². The Labute approximate surface area is 286 Å². The van der Waals surface area contributed by atoms with Crippen molar-refractivity contribution in [2.45, 2.75) is 0 Å². The minimum Gasteiger partial charge on any atom is -0.491 e. The monoisotopic (exact) mass is 688 g/mol. The summed E-state index contributed by atoms with van der Waals surface area (Å²) >= 11 is 4.75. The van der Waals surface area contributed by atoms with E-state index in [0.29, 0.717) is 52.9 Å². The van der Waals surface area contributed by atoms with E-state index in [-0.39, 0.29) is 0 Å². The second-order valence-electron chi connectivity index (χ2n) is 10.4. The number of nitrogens with zero attached hydrogens (tertiary/aromatic N) is 2. The van der Waals surface area contributed by atoms with E-state index in [4.69, 9.17) is 37.2 Å². The zero-order valence-corrected chi connectivity index (χ0v) is 28.8. The molecule has 0 fully saturated rings. The molecule has 0 aliphatic heterocycles. The van der Waals surface area contributed by atoms with Crippen LogP contribution in [0.4, 0.5) is 0 Å². The Bertz CT molecular complexity index is 1700. The molecule has 6 rings (SSSR count). The first-order valence-corrected chi connectivity index (χ1v) is 17.7. The highest BCUT2D eigenvalue weighted by atomic mass is 32.1. The molecular formula is C36H36N2O6S3. The van der Waals surface area contributed by atoms with Crippen LogP contribution in [0.25, 0.3) is 52.8 Å². The zero-order valence-electron chi connectivity index (χ0n) is 26.3. The number of fused-ring (bicyclic) bond motifs is 1. The number of hydrogen-bond acceptors (Lipinski definition) is 11. The van der Waals surface area contributed by atoms with E-state index in [1.807, 2.05) is 24.3 Å². The van der Waals surface area contributed by atoms with Crippen molar-refractivity contribution in [3.63, 3.8) is 0 Å². The largest absolute Gasteiger partial charge is 0.491 e. The molecule has 0 saturated carbocycles. The summed E-state index contributed by atoms with van der Waals surface area (Å²) in [6.45, 7) is 4.38. The molecule has 3 heterocycles. The minimum absolute atomic E-state index is 0.502. The number of ether oxygens (including phenoxy) is 6. The standard InChI is InChI=1S/C36H36N2O6S3/c1-39-17-19-41-21-23-43-27-7-3-25(4-8-27)31-13-15-33(45-31)29-11-12-30(36-35(29)37-47-38-36)34-16-14-32(46-34)26-5-9-28(10-6-26)44-24-22-42-20-18-40-2/h3-16H,17-24H2,1-2H3. The predicted octanol–water partition coefficient (Wildman–Crippen LogP) is 8.57. The van der Waals surface area contributed by atoms with Gasteiger partial charge in [-0.25, -0.2) is 0 Å². The molecule has 0 saturated heterocycles. The lowest BCUT2D eigenvalue weighted by Crippen LogP contribution is -2.09. The quantitative estimate of drug-likeness (QED) is 0.0832. The SMILES string of the molecule is COCCOCCOc1ccc(-c2ccc(-c3ccc(-c4ccc(-c5ccc(OCCOCCOC)cc5)s4)c4nsnc34)s2)cc1. The Morgan fingerprint density at radius 2 is 0.851 bits per heavy atom. The van der Waals surface area contributed by atoms with Gasteiger partial charge in [0.05, 0.1) is 51.4 Å². The molecule has 8 nitrogen and oxygen atoms in total. The summed E-state index contributed by atoms with van der Waals surface area (Å²) in [4.78, 5) is 4.69. The summed E-state index contributed by atoms with van der Waals surface area (Å²) in [6, 6.07) is 29.4. The third-order valence-corrected chi connectivity index (χ3v) is 10.2. The van der Waals surface area contributed by atoms with Crippen molar-refractivity contribution in [3.8, 4) is 53.3 Å².